The van der Waals surface area contributed by atoms with Crippen molar-refractivity contribution in [3.8, 4) is 28.4 Å². The summed E-state index contributed by atoms with van der Waals surface area (Å²) in [6, 6.07) is 17.8. The Hall–Kier alpha value is -3.95. The van der Waals surface area contributed by atoms with Crippen LogP contribution in [0.4, 0.5) is 0 Å². The summed E-state index contributed by atoms with van der Waals surface area (Å²) in [6.07, 6.45) is 7.87. The van der Waals surface area contributed by atoms with Crippen molar-refractivity contribution in [3.63, 3.8) is 0 Å². The Morgan fingerprint density at radius 3 is 1.88 bits per heavy atom. The van der Waals surface area contributed by atoms with Gasteiger partial charge in [0, 0.05) is 45.4 Å². The molecule has 0 fully saturated rings. The summed E-state index contributed by atoms with van der Waals surface area (Å²) in [5.74, 6) is 1.69. The fraction of sp³-hybridized carbons (Fsp3) is 0.133. The zero-order chi connectivity index (χ0) is 26.2. The van der Waals surface area contributed by atoms with Crippen LogP contribution in [0.5, 0.6) is 17.2 Å². The summed E-state index contributed by atoms with van der Waals surface area (Å²) >= 11 is 0. The number of fused-ring (bicyclic) bond motifs is 8. The van der Waals surface area contributed by atoms with E-state index in [1.54, 1.807) is 33.2 Å². The Balaban J connectivity index is 0.00000185. The summed E-state index contributed by atoms with van der Waals surface area (Å²) in [6.45, 7) is 0. The van der Waals surface area contributed by atoms with Crippen molar-refractivity contribution >= 4 is 46.4 Å². The van der Waals surface area contributed by atoms with Gasteiger partial charge in [-0.25, -0.2) is 9.97 Å². The molecule has 8 bridgehead atoms. The predicted molar refractivity (Wildman–Crippen MR) is 150 cm³/mol. The van der Waals surface area contributed by atoms with Crippen LogP contribution >= 0.6 is 0 Å². The van der Waals surface area contributed by atoms with Gasteiger partial charge in [-0.1, -0.05) is 30.3 Å². The Morgan fingerprint density at radius 2 is 1.30 bits per heavy atom. The van der Waals surface area contributed by atoms with Gasteiger partial charge in [0.05, 0.1) is 55.2 Å². The number of aromatic amines is 1. The van der Waals surface area contributed by atoms with Crippen molar-refractivity contribution in [1.82, 2.24) is 19.7 Å². The molecule has 4 aromatic rings. The molecule has 2 aliphatic heterocycles. The Kier molecular flexibility index (Phi) is 8.75. The second kappa shape index (κ2) is 12.1. The monoisotopic (exact) mass is 621 g/mol. The zero-order valence-corrected chi connectivity index (χ0v) is 24.3. The molecule has 1 N–H and O–H groups in total. The minimum atomic E-state index is 0. The Bertz CT molecular complexity index is 1780. The van der Waals surface area contributed by atoms with Gasteiger partial charge in [-0.15, -0.1) is 0 Å². The van der Waals surface area contributed by atoms with E-state index < -0.39 is 0 Å². The van der Waals surface area contributed by atoms with E-state index in [4.69, 9.17) is 29.0 Å². The van der Waals surface area contributed by atoms with E-state index in [-0.39, 0.29) is 33.8 Å². The first kappa shape index (κ1) is 29.0. The van der Waals surface area contributed by atoms with Gasteiger partial charge in [-0.2, -0.15) is 4.73 Å². The normalized spacial score (nSPS) is 11.4. The van der Waals surface area contributed by atoms with E-state index in [2.05, 4.69) is 4.98 Å². The zero-order valence-electron chi connectivity index (χ0n) is 22.2. The van der Waals surface area contributed by atoms with Crippen LogP contribution in [-0.2, 0) is 33.8 Å². The number of rotatable bonds is 5. The van der Waals surface area contributed by atoms with Crippen molar-refractivity contribution in [2.75, 3.05) is 28.4 Å². The summed E-state index contributed by atoms with van der Waals surface area (Å²) in [7, 11) is 6.49. The van der Waals surface area contributed by atoms with Gasteiger partial charge in [-0.3, -0.25) is 0 Å². The number of H-pyrrole nitrogens is 1. The van der Waals surface area contributed by atoms with E-state index >= 15 is 0 Å². The first-order chi connectivity index (χ1) is 18.6. The quantitative estimate of drug-likeness (QED) is 0.243. The van der Waals surface area contributed by atoms with Gasteiger partial charge in [-0.05, 0) is 48.1 Å². The first-order valence-electron chi connectivity index (χ1n) is 12.1. The molecule has 6 rings (SSSR count). The molecule has 1 aromatic carbocycles. The topological polar surface area (TPSA) is 83.4 Å². The van der Waals surface area contributed by atoms with Crippen LogP contribution in [-0.4, -0.2) is 48.1 Å². The molecule has 0 aliphatic carbocycles. The summed E-state index contributed by atoms with van der Waals surface area (Å²) in [4.78, 5) is 19.0. The van der Waals surface area contributed by atoms with Crippen LogP contribution in [0.15, 0.2) is 54.6 Å². The van der Waals surface area contributed by atoms with Crippen molar-refractivity contribution < 1.29 is 52.9 Å². The molecule has 10 heteroatoms. The molecular formula is C30H26CoFeN4O4. The third-order valence-electron chi connectivity index (χ3n) is 6.49. The van der Waals surface area contributed by atoms with Crippen LogP contribution in [0.3, 0.4) is 0 Å². The molecule has 0 saturated carbocycles. The van der Waals surface area contributed by atoms with Gasteiger partial charge in [0.1, 0.15) is 18.4 Å². The van der Waals surface area contributed by atoms with Crippen LogP contribution in [0, 0.1) is 0 Å². The maximum atomic E-state index is 6.06. The number of benzene rings is 1. The van der Waals surface area contributed by atoms with E-state index in [0.717, 1.165) is 44.9 Å². The number of nitrogens with zero attached hydrogens (tertiary/aromatic N) is 3. The molecule has 1 radical (unpaired) electrons. The molecule has 207 valence electrons. The average molecular weight is 621 g/mol. The molecular weight excluding hydrogens is 595 g/mol. The van der Waals surface area contributed by atoms with Crippen LogP contribution in [0.1, 0.15) is 22.8 Å². The van der Waals surface area contributed by atoms with E-state index in [1.807, 2.05) is 78.9 Å². The summed E-state index contributed by atoms with van der Waals surface area (Å²) < 4.78 is 19.5. The van der Waals surface area contributed by atoms with Crippen molar-refractivity contribution in [2.24, 2.45) is 0 Å². The molecule has 5 heterocycles. The van der Waals surface area contributed by atoms with Gasteiger partial charge < -0.3 is 24.0 Å². The van der Waals surface area contributed by atoms with Crippen LogP contribution < -0.4 is 19.0 Å². The molecule has 0 atom stereocenters. The van der Waals surface area contributed by atoms with Gasteiger partial charge in [0.2, 0.25) is 0 Å². The largest absolute Gasteiger partial charge is 0.494 e. The molecule has 0 amide bonds. The minimum Gasteiger partial charge on any atom is -0.494 e. The predicted octanol–water partition coefficient (Wildman–Crippen LogP) is 5.88. The van der Waals surface area contributed by atoms with Crippen molar-refractivity contribution in [1.29, 1.82) is 0 Å². The van der Waals surface area contributed by atoms with Crippen LogP contribution in [0.2, 0.25) is 0 Å². The third kappa shape index (κ3) is 5.02. The molecule has 3 aromatic heterocycles. The number of aromatic nitrogens is 4. The number of methoxy groups -OCH3 is 3. The van der Waals surface area contributed by atoms with E-state index in [1.165, 1.54) is 0 Å². The Morgan fingerprint density at radius 1 is 0.700 bits per heavy atom. The standard InChI is InChI=1S/C30H26N4O4.Co.Fe/c1-35-25-17-23-15-21-11-10-19(31-21)14-20-12-13-22(32-20)16-24-26(18-8-6-5-7-9-18)29(36-2)28(34(24)38-4)30(37-3)27(25)33-23;;/h5-17,33H,1-4H3;;. The molecule has 2 aliphatic rings. The molecule has 8 nitrogen and oxygen atoms in total. The van der Waals surface area contributed by atoms with Crippen molar-refractivity contribution in [3.05, 3.63) is 77.4 Å². The van der Waals surface area contributed by atoms with E-state index in [9.17, 15) is 0 Å². The van der Waals surface area contributed by atoms with Crippen molar-refractivity contribution in [2.45, 2.75) is 0 Å². The summed E-state index contributed by atoms with van der Waals surface area (Å²) in [5, 5.41) is 0. The number of nitrogens with one attached hydrogen (secondary N) is 1. The number of ether oxygens (including phenoxy) is 3. The number of hydrogen-bond acceptors (Lipinski definition) is 6. The van der Waals surface area contributed by atoms with Gasteiger partial charge in [0.25, 0.3) is 0 Å². The summed E-state index contributed by atoms with van der Waals surface area (Å²) in [5.41, 5.74) is 7.80. The third-order valence-corrected chi connectivity index (χ3v) is 6.49. The Labute approximate surface area is 252 Å². The van der Waals surface area contributed by atoms with E-state index in [0.29, 0.717) is 28.3 Å². The maximum Gasteiger partial charge on any atom is 0.177 e. The molecule has 0 unspecified atom stereocenters. The smallest absolute Gasteiger partial charge is 0.177 e. The van der Waals surface area contributed by atoms with Gasteiger partial charge >= 0.3 is 0 Å². The molecule has 40 heavy (non-hydrogen) atoms. The molecule has 0 saturated heterocycles. The first-order valence-corrected chi connectivity index (χ1v) is 12.1. The minimum absolute atomic E-state index is 0. The average Bonchev–Trinajstić information content (AvgIpc) is 3.72. The maximum absolute atomic E-state index is 6.06. The number of hydrogen-bond donors (Lipinski definition) is 1. The fourth-order valence-electron chi connectivity index (χ4n) is 4.89. The fourth-order valence-corrected chi connectivity index (χ4v) is 4.89. The van der Waals surface area contributed by atoms with Crippen LogP contribution in [0.25, 0.3) is 57.5 Å². The molecule has 0 spiro atoms. The second-order valence-corrected chi connectivity index (χ2v) is 8.71. The van der Waals surface area contributed by atoms with Gasteiger partial charge in [0.15, 0.2) is 17.0 Å². The SMILES string of the molecule is COc1cc2cc3nc(cc4nc(cc5c(-c6ccccc6)c(OC)c(c(OC)c1[nH]2)n5OC)C=C4)C=C3.[Co].[Fe]. The second-order valence-electron chi connectivity index (χ2n) is 8.71.